The van der Waals surface area contributed by atoms with Crippen molar-refractivity contribution >= 4 is 16.7 Å². The van der Waals surface area contributed by atoms with Gasteiger partial charge in [-0.2, -0.15) is 0 Å². The second-order valence-corrected chi connectivity index (χ2v) is 5.99. The number of carbonyl (C=O) groups is 1. The molecule has 0 aromatic heterocycles. The number of amides is 1. The highest BCUT2D eigenvalue weighted by Crippen LogP contribution is 2.13. The normalized spacial score (nSPS) is 15.6. The maximum absolute atomic E-state index is 13.8. The third-order valence-corrected chi connectivity index (χ3v) is 4.26. The molecule has 1 aromatic carbocycles. The van der Waals surface area contributed by atoms with Gasteiger partial charge in [-0.1, -0.05) is 11.8 Å². The summed E-state index contributed by atoms with van der Waals surface area (Å²) in [6.07, 6.45) is 0. The van der Waals surface area contributed by atoms with E-state index in [0.717, 1.165) is 6.07 Å². The number of benzene rings is 1. The van der Waals surface area contributed by atoms with Crippen LogP contribution in [0.4, 0.5) is 4.39 Å². The zero-order valence-electron chi connectivity index (χ0n) is 10.8. The minimum absolute atomic E-state index is 0.148. The molecule has 1 N–H and O–H groups in total. The quantitative estimate of drug-likeness (QED) is 0.762. The zero-order chi connectivity index (χ0) is 14.5. The van der Waals surface area contributed by atoms with Crippen molar-refractivity contribution in [2.75, 3.05) is 31.2 Å². The molecule has 1 saturated heterocycles. The van der Waals surface area contributed by atoms with E-state index in [2.05, 4.69) is 11.8 Å². The molecular weight excluding hydrogens is 281 g/mol. The van der Waals surface area contributed by atoms with Gasteiger partial charge < -0.3 is 10.0 Å². The van der Waals surface area contributed by atoms with Crippen LogP contribution in [0.5, 0.6) is 0 Å². The van der Waals surface area contributed by atoms with Gasteiger partial charge in [-0.25, -0.2) is 4.39 Å². The fourth-order valence-corrected chi connectivity index (χ4v) is 2.96. The lowest BCUT2D eigenvalue weighted by Crippen LogP contribution is -2.41. The predicted molar refractivity (Wildman–Crippen MR) is 74.1 cm³/mol. The van der Waals surface area contributed by atoms with E-state index in [-0.39, 0.29) is 23.6 Å². The van der Waals surface area contributed by atoms with Crippen LogP contribution in [-0.2, 0) is 10.8 Å². The summed E-state index contributed by atoms with van der Waals surface area (Å²) >= 11 is 0. The van der Waals surface area contributed by atoms with Gasteiger partial charge in [-0.15, -0.1) is 0 Å². The fraction of sp³-hybridized carbons (Fsp3) is 0.357. The second kappa shape index (κ2) is 6.64. The number of hydrogen-bond acceptors (Lipinski definition) is 3. The van der Waals surface area contributed by atoms with Crippen molar-refractivity contribution in [3.63, 3.8) is 0 Å². The first kappa shape index (κ1) is 14.7. The molecule has 0 saturated carbocycles. The molecule has 4 nitrogen and oxygen atoms in total. The highest BCUT2D eigenvalue weighted by atomic mass is 32.2. The van der Waals surface area contributed by atoms with Crippen LogP contribution in [0.1, 0.15) is 15.9 Å². The van der Waals surface area contributed by atoms with Crippen molar-refractivity contribution in [2.45, 2.75) is 0 Å². The van der Waals surface area contributed by atoms with E-state index in [1.807, 2.05) is 0 Å². The molecular formula is C14H14FNO3S. The summed E-state index contributed by atoms with van der Waals surface area (Å²) in [5.41, 5.74) is 0.403. The number of carbonyl (C=O) groups excluding carboxylic acids is 1. The van der Waals surface area contributed by atoms with Crippen LogP contribution >= 0.6 is 0 Å². The van der Waals surface area contributed by atoms with Gasteiger partial charge in [-0.3, -0.25) is 9.00 Å². The Morgan fingerprint density at radius 1 is 1.40 bits per heavy atom. The fourth-order valence-electron chi connectivity index (χ4n) is 1.91. The smallest absolute Gasteiger partial charge is 0.254 e. The summed E-state index contributed by atoms with van der Waals surface area (Å²) in [6.45, 7) is 0.517. The molecule has 1 fully saturated rings. The van der Waals surface area contributed by atoms with Crippen molar-refractivity contribution in [3.05, 3.63) is 35.1 Å². The van der Waals surface area contributed by atoms with Gasteiger partial charge in [0.2, 0.25) is 0 Å². The molecule has 0 atom stereocenters. The predicted octanol–water partition coefficient (Wildman–Crippen LogP) is 0.374. The molecule has 0 spiro atoms. The van der Waals surface area contributed by atoms with E-state index in [4.69, 9.17) is 5.11 Å². The van der Waals surface area contributed by atoms with Crippen molar-refractivity contribution in [1.29, 1.82) is 0 Å². The van der Waals surface area contributed by atoms with Gasteiger partial charge in [0.15, 0.2) is 0 Å². The van der Waals surface area contributed by atoms with E-state index >= 15 is 0 Å². The van der Waals surface area contributed by atoms with Crippen molar-refractivity contribution in [2.24, 2.45) is 0 Å². The van der Waals surface area contributed by atoms with E-state index in [1.54, 1.807) is 4.90 Å². The largest absolute Gasteiger partial charge is 0.384 e. The van der Waals surface area contributed by atoms with Crippen LogP contribution in [0.2, 0.25) is 0 Å². The lowest BCUT2D eigenvalue weighted by molar-refractivity contribution is 0.0771. The summed E-state index contributed by atoms with van der Waals surface area (Å²) in [4.78, 5) is 13.7. The number of rotatable bonds is 1. The van der Waals surface area contributed by atoms with Gasteiger partial charge in [-0.05, 0) is 18.2 Å². The summed E-state index contributed by atoms with van der Waals surface area (Å²) in [6, 6.07) is 4.08. The first-order valence-electron chi connectivity index (χ1n) is 6.15. The maximum Gasteiger partial charge on any atom is 0.254 e. The number of aliphatic hydroxyl groups is 1. The van der Waals surface area contributed by atoms with Crippen molar-refractivity contribution in [3.8, 4) is 11.8 Å². The SMILES string of the molecule is O=C(c1ccc(C#CCO)c(F)c1)N1CCS(=O)CC1. The third-order valence-electron chi connectivity index (χ3n) is 2.98. The van der Waals surface area contributed by atoms with E-state index in [9.17, 15) is 13.4 Å². The molecule has 0 radical (unpaired) electrons. The molecule has 1 amide bonds. The lowest BCUT2D eigenvalue weighted by Gasteiger charge is -2.26. The molecule has 0 unspecified atom stereocenters. The van der Waals surface area contributed by atoms with Gasteiger partial charge in [0.25, 0.3) is 5.91 Å². The Hall–Kier alpha value is -1.71. The summed E-state index contributed by atoms with van der Waals surface area (Å²) in [5, 5.41) is 8.57. The second-order valence-electron chi connectivity index (χ2n) is 4.29. The molecule has 0 aliphatic carbocycles. The average molecular weight is 295 g/mol. The Balaban J connectivity index is 2.15. The number of hydrogen-bond donors (Lipinski definition) is 1. The van der Waals surface area contributed by atoms with Crippen LogP contribution in [0.3, 0.4) is 0 Å². The summed E-state index contributed by atoms with van der Waals surface area (Å²) in [7, 11) is -0.856. The first-order chi connectivity index (χ1) is 9.61. The minimum Gasteiger partial charge on any atom is -0.384 e. The molecule has 106 valence electrons. The third kappa shape index (κ3) is 3.44. The Bertz CT molecular complexity index is 596. The molecule has 0 bridgehead atoms. The Kier molecular flexibility index (Phi) is 4.88. The Labute approximate surface area is 119 Å². The van der Waals surface area contributed by atoms with E-state index in [1.165, 1.54) is 12.1 Å². The Morgan fingerprint density at radius 3 is 2.70 bits per heavy atom. The van der Waals surface area contributed by atoms with Gasteiger partial charge in [0.05, 0.1) is 5.56 Å². The molecule has 1 aliphatic rings. The molecule has 1 aliphatic heterocycles. The van der Waals surface area contributed by atoms with Crippen molar-refractivity contribution in [1.82, 2.24) is 4.90 Å². The van der Waals surface area contributed by atoms with Gasteiger partial charge >= 0.3 is 0 Å². The highest BCUT2D eigenvalue weighted by Gasteiger charge is 2.21. The molecule has 6 heteroatoms. The number of halogens is 1. The van der Waals surface area contributed by atoms with Crippen LogP contribution in [0.15, 0.2) is 18.2 Å². The summed E-state index contributed by atoms with van der Waals surface area (Å²) in [5.74, 6) is 4.92. The average Bonchev–Trinajstić information content (AvgIpc) is 2.46. The van der Waals surface area contributed by atoms with Crippen LogP contribution < -0.4 is 0 Å². The lowest BCUT2D eigenvalue weighted by atomic mass is 10.1. The highest BCUT2D eigenvalue weighted by molar-refractivity contribution is 7.85. The number of aliphatic hydroxyl groups excluding tert-OH is 1. The van der Waals surface area contributed by atoms with E-state index in [0.29, 0.717) is 24.6 Å². The van der Waals surface area contributed by atoms with Crippen LogP contribution in [-0.4, -0.2) is 51.3 Å². The van der Waals surface area contributed by atoms with Gasteiger partial charge in [0.1, 0.15) is 12.4 Å². The first-order valence-corrected chi connectivity index (χ1v) is 7.64. The standard InChI is InChI=1S/C14H14FNO3S/c15-13-10-12(4-3-11(13)2-1-7-17)14(18)16-5-8-20(19)9-6-16/h3-4,10,17H,5-9H2. The maximum atomic E-state index is 13.8. The molecule has 20 heavy (non-hydrogen) atoms. The monoisotopic (exact) mass is 295 g/mol. The minimum atomic E-state index is -0.856. The Morgan fingerprint density at radius 2 is 2.10 bits per heavy atom. The van der Waals surface area contributed by atoms with Crippen molar-refractivity contribution < 1.29 is 18.5 Å². The van der Waals surface area contributed by atoms with E-state index < -0.39 is 16.6 Å². The summed E-state index contributed by atoms with van der Waals surface area (Å²) < 4.78 is 25.0. The number of nitrogens with zero attached hydrogens (tertiary/aromatic N) is 1. The van der Waals surface area contributed by atoms with Gasteiger partial charge in [0, 0.05) is 41.0 Å². The molecule has 1 aromatic rings. The topological polar surface area (TPSA) is 57.6 Å². The van der Waals surface area contributed by atoms with Crippen LogP contribution in [0.25, 0.3) is 0 Å². The van der Waals surface area contributed by atoms with Crippen LogP contribution in [0, 0.1) is 17.7 Å². The molecule has 2 rings (SSSR count). The zero-order valence-corrected chi connectivity index (χ0v) is 11.6. The molecule has 1 heterocycles.